The van der Waals surface area contributed by atoms with Crippen molar-refractivity contribution < 1.29 is 14.3 Å². The molecule has 0 fully saturated rings. The van der Waals surface area contributed by atoms with Crippen LogP contribution in [0.15, 0.2) is 12.7 Å². The van der Waals surface area contributed by atoms with Crippen LogP contribution in [0.25, 0.3) is 0 Å². The number of carbonyl (C=O) groups is 1. The second kappa shape index (κ2) is 7.46. The minimum atomic E-state index is -0.224. The first-order chi connectivity index (χ1) is 7.02. The van der Waals surface area contributed by atoms with Crippen LogP contribution in [0.2, 0.25) is 0 Å². The van der Waals surface area contributed by atoms with Crippen LogP contribution in [-0.2, 0) is 14.3 Å². The maximum Gasteiger partial charge on any atom is 0.311 e. The van der Waals surface area contributed by atoms with Crippen LogP contribution >= 0.6 is 0 Å². The normalized spacial score (nSPS) is 16.5. The lowest BCUT2D eigenvalue weighted by Gasteiger charge is -2.22. The van der Waals surface area contributed by atoms with Crippen LogP contribution in [-0.4, -0.2) is 25.3 Å². The fourth-order valence-electron chi connectivity index (χ4n) is 1.28. The third-order valence-corrected chi connectivity index (χ3v) is 2.50. The van der Waals surface area contributed by atoms with E-state index in [1.165, 1.54) is 7.11 Å². The van der Waals surface area contributed by atoms with Gasteiger partial charge < -0.3 is 9.47 Å². The zero-order valence-electron chi connectivity index (χ0n) is 10.2. The molecule has 0 rings (SSSR count). The van der Waals surface area contributed by atoms with Gasteiger partial charge in [0.1, 0.15) is 0 Å². The molecular formula is C12H22O3. The highest BCUT2D eigenvalue weighted by molar-refractivity contribution is 5.72. The first kappa shape index (κ1) is 14.2. The van der Waals surface area contributed by atoms with Crippen LogP contribution in [0.5, 0.6) is 0 Å². The number of rotatable bonds is 7. The third-order valence-electron chi connectivity index (χ3n) is 2.50. The van der Waals surface area contributed by atoms with Crippen molar-refractivity contribution in [3.05, 3.63) is 12.7 Å². The highest BCUT2D eigenvalue weighted by atomic mass is 16.5. The van der Waals surface area contributed by atoms with Crippen LogP contribution in [0.4, 0.5) is 0 Å². The molecule has 0 saturated carbocycles. The number of hydrogen-bond donors (Lipinski definition) is 0. The predicted octanol–water partition coefficient (Wildman–Crippen LogP) is 2.56. The number of ether oxygens (including phenoxy) is 2. The van der Waals surface area contributed by atoms with Gasteiger partial charge >= 0.3 is 5.97 Å². The number of methoxy groups -OCH3 is 1. The van der Waals surface area contributed by atoms with Gasteiger partial charge in [0, 0.05) is 0 Å². The van der Waals surface area contributed by atoms with Crippen LogP contribution < -0.4 is 0 Å². The van der Waals surface area contributed by atoms with E-state index in [0.717, 1.165) is 12.8 Å². The minimum Gasteiger partial charge on any atom is -0.469 e. The number of allylic oxidation sites excluding steroid dienone is 1. The van der Waals surface area contributed by atoms with Crippen LogP contribution in [0.3, 0.4) is 0 Å². The molecule has 0 spiro atoms. The molecule has 0 amide bonds. The Labute approximate surface area is 92.5 Å². The molecule has 0 aliphatic heterocycles. The maximum atomic E-state index is 11.2. The standard InChI is InChI=1S/C12H22O3/c1-6-7-8-9(2)15-11(4)10(3)12(13)14-5/h6,9-11H,1,7-8H2,2-5H3/t9-,10+,11+/m1/s1. The lowest BCUT2D eigenvalue weighted by molar-refractivity contribution is -0.151. The van der Waals surface area contributed by atoms with Gasteiger partial charge in [-0.1, -0.05) is 6.08 Å². The Kier molecular flexibility index (Phi) is 7.05. The van der Waals surface area contributed by atoms with E-state index in [9.17, 15) is 4.79 Å². The summed E-state index contributed by atoms with van der Waals surface area (Å²) in [6.45, 7) is 9.37. The predicted molar refractivity (Wildman–Crippen MR) is 60.6 cm³/mol. The van der Waals surface area contributed by atoms with E-state index in [1.807, 2.05) is 26.8 Å². The Morgan fingerprint density at radius 3 is 2.47 bits per heavy atom. The Morgan fingerprint density at radius 2 is 2.00 bits per heavy atom. The molecule has 0 N–H and O–H groups in total. The smallest absolute Gasteiger partial charge is 0.311 e. The van der Waals surface area contributed by atoms with Crippen molar-refractivity contribution in [1.82, 2.24) is 0 Å². The van der Waals surface area contributed by atoms with Gasteiger partial charge in [0.15, 0.2) is 0 Å². The molecule has 0 unspecified atom stereocenters. The van der Waals surface area contributed by atoms with Crippen molar-refractivity contribution in [1.29, 1.82) is 0 Å². The Morgan fingerprint density at radius 1 is 1.40 bits per heavy atom. The quantitative estimate of drug-likeness (QED) is 0.482. The van der Waals surface area contributed by atoms with Crippen LogP contribution in [0, 0.1) is 5.92 Å². The summed E-state index contributed by atoms with van der Waals surface area (Å²) in [6.07, 6.45) is 3.76. The average Bonchev–Trinajstić information content (AvgIpc) is 2.23. The number of esters is 1. The summed E-state index contributed by atoms with van der Waals surface area (Å²) in [7, 11) is 1.40. The molecule has 0 aromatic heterocycles. The van der Waals surface area contributed by atoms with E-state index < -0.39 is 0 Å². The molecule has 0 heterocycles. The van der Waals surface area contributed by atoms with Gasteiger partial charge in [-0.3, -0.25) is 4.79 Å². The summed E-state index contributed by atoms with van der Waals surface area (Å²) < 4.78 is 10.3. The van der Waals surface area contributed by atoms with Crippen molar-refractivity contribution in [2.45, 2.75) is 45.8 Å². The van der Waals surface area contributed by atoms with Gasteiger partial charge in [-0.2, -0.15) is 0 Å². The van der Waals surface area contributed by atoms with Gasteiger partial charge in [0.2, 0.25) is 0 Å². The number of hydrogen-bond acceptors (Lipinski definition) is 3. The van der Waals surface area contributed by atoms with Crippen molar-refractivity contribution in [2.24, 2.45) is 5.92 Å². The van der Waals surface area contributed by atoms with Crippen molar-refractivity contribution in [3.8, 4) is 0 Å². The second-order valence-electron chi connectivity index (χ2n) is 3.83. The van der Waals surface area contributed by atoms with E-state index >= 15 is 0 Å². The molecule has 0 bridgehead atoms. The van der Waals surface area contributed by atoms with Crippen molar-refractivity contribution >= 4 is 5.97 Å². The molecule has 0 radical (unpaired) electrons. The molecule has 88 valence electrons. The minimum absolute atomic E-state index is 0.114. The van der Waals surface area contributed by atoms with E-state index in [1.54, 1.807) is 0 Å². The first-order valence-corrected chi connectivity index (χ1v) is 5.37. The molecule has 3 heteroatoms. The molecule has 0 aliphatic rings. The Bertz CT molecular complexity index is 201. The molecule has 3 atom stereocenters. The van der Waals surface area contributed by atoms with Gasteiger partial charge in [0.25, 0.3) is 0 Å². The van der Waals surface area contributed by atoms with Gasteiger partial charge in [-0.05, 0) is 33.6 Å². The zero-order chi connectivity index (χ0) is 11.8. The van der Waals surface area contributed by atoms with E-state index in [2.05, 4.69) is 11.3 Å². The molecular weight excluding hydrogens is 192 g/mol. The van der Waals surface area contributed by atoms with E-state index in [0.29, 0.717) is 0 Å². The average molecular weight is 214 g/mol. The van der Waals surface area contributed by atoms with Gasteiger partial charge in [-0.25, -0.2) is 0 Å². The molecule has 0 saturated heterocycles. The number of carbonyl (C=O) groups excluding carboxylic acids is 1. The maximum absolute atomic E-state index is 11.2. The molecule has 15 heavy (non-hydrogen) atoms. The monoisotopic (exact) mass is 214 g/mol. The van der Waals surface area contributed by atoms with E-state index in [-0.39, 0.29) is 24.1 Å². The fraction of sp³-hybridized carbons (Fsp3) is 0.750. The summed E-state index contributed by atoms with van der Waals surface area (Å²) in [6, 6.07) is 0. The van der Waals surface area contributed by atoms with Gasteiger partial charge in [0.05, 0.1) is 25.2 Å². The fourth-order valence-corrected chi connectivity index (χ4v) is 1.28. The summed E-state index contributed by atoms with van der Waals surface area (Å²) in [5.41, 5.74) is 0. The third kappa shape index (κ3) is 5.57. The van der Waals surface area contributed by atoms with Gasteiger partial charge in [-0.15, -0.1) is 6.58 Å². The summed E-state index contributed by atoms with van der Waals surface area (Å²) >= 11 is 0. The Hall–Kier alpha value is -0.830. The second-order valence-corrected chi connectivity index (χ2v) is 3.83. The summed E-state index contributed by atoms with van der Waals surface area (Å²) in [5, 5.41) is 0. The molecule has 0 aliphatic carbocycles. The first-order valence-electron chi connectivity index (χ1n) is 5.37. The van der Waals surface area contributed by atoms with Crippen molar-refractivity contribution in [2.75, 3.05) is 7.11 Å². The van der Waals surface area contributed by atoms with Crippen LogP contribution in [0.1, 0.15) is 33.6 Å². The largest absolute Gasteiger partial charge is 0.469 e. The Balaban J connectivity index is 3.94. The van der Waals surface area contributed by atoms with E-state index in [4.69, 9.17) is 4.74 Å². The summed E-state index contributed by atoms with van der Waals surface area (Å²) in [4.78, 5) is 11.2. The summed E-state index contributed by atoms with van der Waals surface area (Å²) in [5.74, 6) is -0.445. The topological polar surface area (TPSA) is 35.5 Å². The lowest BCUT2D eigenvalue weighted by Crippen LogP contribution is -2.29. The molecule has 3 nitrogen and oxygen atoms in total. The SMILES string of the molecule is C=CCC[C@@H](C)O[C@@H](C)[C@H](C)C(=O)OC. The zero-order valence-corrected chi connectivity index (χ0v) is 10.2. The molecule has 0 aromatic rings. The highest BCUT2D eigenvalue weighted by Crippen LogP contribution is 2.13. The highest BCUT2D eigenvalue weighted by Gasteiger charge is 2.22. The lowest BCUT2D eigenvalue weighted by atomic mass is 10.1. The molecule has 0 aromatic carbocycles. The van der Waals surface area contributed by atoms with Crippen molar-refractivity contribution in [3.63, 3.8) is 0 Å².